The lowest BCUT2D eigenvalue weighted by atomic mass is 10.4. The summed E-state index contributed by atoms with van der Waals surface area (Å²) in [7, 11) is 0. The number of nitrogens with one attached hydrogen (secondary N) is 1. The summed E-state index contributed by atoms with van der Waals surface area (Å²) in [4.78, 5) is 0. The Labute approximate surface area is 87.3 Å². The number of rotatable bonds is 5. The minimum Gasteiger partial charge on any atom is -0.359 e. The van der Waals surface area contributed by atoms with E-state index in [-0.39, 0.29) is 0 Å². The highest BCUT2D eigenvalue weighted by molar-refractivity contribution is 4.97. The molecule has 0 saturated heterocycles. The molecular weight excluding hydrogens is 194 g/mol. The lowest BCUT2D eigenvalue weighted by Gasteiger charge is -1.95. The summed E-state index contributed by atoms with van der Waals surface area (Å²) < 4.78 is 6.70. The van der Waals surface area contributed by atoms with Crippen molar-refractivity contribution in [2.45, 2.75) is 20.0 Å². The lowest BCUT2D eigenvalue weighted by molar-refractivity contribution is 0.370. The van der Waals surface area contributed by atoms with Gasteiger partial charge in [0, 0.05) is 12.6 Å². The van der Waals surface area contributed by atoms with Gasteiger partial charge in [-0.1, -0.05) is 17.3 Å². The van der Waals surface area contributed by atoms with E-state index in [1.807, 2.05) is 12.3 Å². The maximum Gasteiger partial charge on any atom is 0.158 e. The zero-order valence-corrected chi connectivity index (χ0v) is 8.55. The van der Waals surface area contributed by atoms with Crippen LogP contribution in [0.5, 0.6) is 0 Å². The molecule has 2 aromatic heterocycles. The maximum atomic E-state index is 4.97. The van der Waals surface area contributed by atoms with E-state index in [0.717, 1.165) is 24.5 Å². The molecule has 6 nitrogen and oxygen atoms in total. The number of aromatic nitrogens is 4. The highest BCUT2D eigenvalue weighted by Gasteiger charge is 2.02. The standard InChI is InChI=1S/C9H13N5O/c1-2-10-5-8-6-14(13-12-8)7-9-3-4-11-15-9/h3-4,6,10H,2,5,7H2,1H3. The largest absolute Gasteiger partial charge is 0.359 e. The van der Waals surface area contributed by atoms with Gasteiger partial charge in [0.1, 0.15) is 6.54 Å². The van der Waals surface area contributed by atoms with Crippen LogP contribution in [0.25, 0.3) is 0 Å². The van der Waals surface area contributed by atoms with E-state index in [2.05, 4.69) is 27.7 Å². The Morgan fingerprint density at radius 1 is 1.53 bits per heavy atom. The van der Waals surface area contributed by atoms with E-state index in [4.69, 9.17) is 4.52 Å². The molecule has 0 saturated carbocycles. The maximum absolute atomic E-state index is 4.97. The molecule has 0 unspecified atom stereocenters. The van der Waals surface area contributed by atoms with Gasteiger partial charge in [-0.3, -0.25) is 0 Å². The second-order valence-electron chi connectivity index (χ2n) is 3.17. The van der Waals surface area contributed by atoms with Gasteiger partial charge in [0.2, 0.25) is 0 Å². The highest BCUT2D eigenvalue weighted by Crippen LogP contribution is 2.00. The van der Waals surface area contributed by atoms with Gasteiger partial charge < -0.3 is 9.84 Å². The topological polar surface area (TPSA) is 68.8 Å². The highest BCUT2D eigenvalue weighted by atomic mass is 16.5. The van der Waals surface area contributed by atoms with E-state index in [9.17, 15) is 0 Å². The van der Waals surface area contributed by atoms with E-state index < -0.39 is 0 Å². The van der Waals surface area contributed by atoms with Crippen LogP contribution in [0, 0.1) is 0 Å². The van der Waals surface area contributed by atoms with Gasteiger partial charge in [0.15, 0.2) is 5.76 Å². The summed E-state index contributed by atoms with van der Waals surface area (Å²) in [5, 5.41) is 14.8. The third-order valence-electron chi connectivity index (χ3n) is 1.95. The Bertz CT molecular complexity index is 394. The molecule has 1 N–H and O–H groups in total. The molecule has 0 amide bonds. The van der Waals surface area contributed by atoms with E-state index in [1.165, 1.54) is 0 Å². The smallest absolute Gasteiger partial charge is 0.158 e. The molecule has 6 heteroatoms. The van der Waals surface area contributed by atoms with Gasteiger partial charge in [-0.05, 0) is 6.54 Å². The van der Waals surface area contributed by atoms with Crippen LogP contribution < -0.4 is 5.32 Å². The normalized spacial score (nSPS) is 10.7. The molecular formula is C9H13N5O. The van der Waals surface area contributed by atoms with Crippen LogP contribution in [-0.2, 0) is 13.1 Å². The molecule has 0 fully saturated rings. The third kappa shape index (κ3) is 2.63. The van der Waals surface area contributed by atoms with Crippen LogP contribution in [0.15, 0.2) is 23.0 Å². The van der Waals surface area contributed by atoms with Crippen molar-refractivity contribution in [3.8, 4) is 0 Å². The van der Waals surface area contributed by atoms with E-state index in [0.29, 0.717) is 6.54 Å². The SMILES string of the molecule is CCNCc1cn(Cc2ccno2)nn1. The van der Waals surface area contributed by atoms with Crippen molar-refractivity contribution in [1.82, 2.24) is 25.5 Å². The molecule has 80 valence electrons. The van der Waals surface area contributed by atoms with Crippen molar-refractivity contribution in [2.24, 2.45) is 0 Å². The number of hydrogen-bond acceptors (Lipinski definition) is 5. The van der Waals surface area contributed by atoms with E-state index in [1.54, 1.807) is 10.9 Å². The molecule has 15 heavy (non-hydrogen) atoms. The van der Waals surface area contributed by atoms with Crippen molar-refractivity contribution in [2.75, 3.05) is 6.54 Å². The van der Waals surface area contributed by atoms with Gasteiger partial charge in [-0.25, -0.2) is 4.68 Å². The van der Waals surface area contributed by atoms with E-state index >= 15 is 0 Å². The quantitative estimate of drug-likeness (QED) is 0.769. The van der Waals surface area contributed by atoms with Gasteiger partial charge in [0.05, 0.1) is 18.1 Å². The fraction of sp³-hybridized carbons (Fsp3) is 0.444. The molecule has 2 aromatic rings. The number of hydrogen-bond donors (Lipinski definition) is 1. The van der Waals surface area contributed by atoms with Crippen LogP contribution in [0.1, 0.15) is 18.4 Å². The van der Waals surface area contributed by atoms with Crippen LogP contribution in [0.3, 0.4) is 0 Å². The first-order valence-electron chi connectivity index (χ1n) is 4.87. The molecule has 0 aliphatic heterocycles. The Morgan fingerprint density at radius 2 is 2.47 bits per heavy atom. The van der Waals surface area contributed by atoms with Crippen molar-refractivity contribution in [3.05, 3.63) is 29.9 Å². The fourth-order valence-corrected chi connectivity index (χ4v) is 1.23. The number of nitrogens with zero attached hydrogens (tertiary/aromatic N) is 4. The molecule has 0 radical (unpaired) electrons. The Hall–Kier alpha value is -1.69. The fourth-order valence-electron chi connectivity index (χ4n) is 1.23. The average Bonchev–Trinajstić information content (AvgIpc) is 2.87. The summed E-state index contributed by atoms with van der Waals surface area (Å²) in [6.45, 7) is 4.29. The molecule has 0 spiro atoms. The van der Waals surface area contributed by atoms with Crippen molar-refractivity contribution < 1.29 is 4.52 Å². The van der Waals surface area contributed by atoms with Gasteiger partial charge >= 0.3 is 0 Å². The first kappa shape index (κ1) is 9.85. The Morgan fingerprint density at radius 3 is 3.20 bits per heavy atom. The second kappa shape index (κ2) is 4.70. The zero-order chi connectivity index (χ0) is 10.5. The summed E-state index contributed by atoms with van der Waals surface area (Å²) >= 11 is 0. The molecule has 0 bridgehead atoms. The van der Waals surface area contributed by atoms with Crippen molar-refractivity contribution in [1.29, 1.82) is 0 Å². The zero-order valence-electron chi connectivity index (χ0n) is 8.55. The summed E-state index contributed by atoms with van der Waals surface area (Å²) in [5.74, 6) is 0.773. The minimum atomic E-state index is 0.569. The molecule has 0 aromatic carbocycles. The average molecular weight is 207 g/mol. The Kier molecular flexibility index (Phi) is 3.08. The summed E-state index contributed by atoms with van der Waals surface area (Å²) in [5.41, 5.74) is 0.927. The van der Waals surface area contributed by atoms with Gasteiger partial charge in [0.25, 0.3) is 0 Å². The monoisotopic (exact) mass is 207 g/mol. The third-order valence-corrected chi connectivity index (χ3v) is 1.95. The van der Waals surface area contributed by atoms with Crippen LogP contribution >= 0.6 is 0 Å². The molecule has 2 rings (SSSR count). The van der Waals surface area contributed by atoms with Crippen molar-refractivity contribution in [3.63, 3.8) is 0 Å². The van der Waals surface area contributed by atoms with Crippen LogP contribution in [0.2, 0.25) is 0 Å². The first-order chi connectivity index (χ1) is 7.38. The molecule has 0 aliphatic rings. The van der Waals surface area contributed by atoms with Gasteiger partial charge in [-0.15, -0.1) is 5.10 Å². The first-order valence-corrected chi connectivity index (χ1v) is 4.87. The summed E-state index contributed by atoms with van der Waals surface area (Å²) in [6.07, 6.45) is 3.51. The lowest BCUT2D eigenvalue weighted by Crippen LogP contribution is -2.11. The molecule has 0 atom stereocenters. The molecule has 0 aliphatic carbocycles. The van der Waals surface area contributed by atoms with Crippen molar-refractivity contribution >= 4 is 0 Å². The Balaban J connectivity index is 1.95. The minimum absolute atomic E-state index is 0.569. The summed E-state index contributed by atoms with van der Waals surface area (Å²) in [6, 6.07) is 1.81. The predicted octanol–water partition coefficient (Wildman–Crippen LogP) is 0.424. The molecule has 2 heterocycles. The van der Waals surface area contributed by atoms with Gasteiger partial charge in [-0.2, -0.15) is 0 Å². The second-order valence-corrected chi connectivity index (χ2v) is 3.17. The predicted molar refractivity (Wildman–Crippen MR) is 53.0 cm³/mol. The van der Waals surface area contributed by atoms with Crippen LogP contribution in [0.4, 0.5) is 0 Å². The van der Waals surface area contributed by atoms with Crippen LogP contribution in [-0.4, -0.2) is 26.7 Å².